The molecule has 4 rings (SSSR count). The van der Waals surface area contributed by atoms with Crippen molar-refractivity contribution in [3.63, 3.8) is 0 Å². The molecule has 9 nitrogen and oxygen atoms in total. The van der Waals surface area contributed by atoms with E-state index in [0.29, 0.717) is 33.0 Å². The molecule has 1 amide bonds. The summed E-state index contributed by atoms with van der Waals surface area (Å²) in [6, 6.07) is 18.6. The van der Waals surface area contributed by atoms with E-state index in [0.717, 1.165) is 0 Å². The normalized spacial score (nSPS) is 13.4. The number of ether oxygens (including phenoxy) is 5. The first-order chi connectivity index (χ1) is 17.9. The fourth-order valence-corrected chi connectivity index (χ4v) is 4.08. The Bertz CT molecular complexity index is 1240. The van der Waals surface area contributed by atoms with Gasteiger partial charge in [0.25, 0.3) is 0 Å². The van der Waals surface area contributed by atoms with Gasteiger partial charge in [0.05, 0.1) is 12.4 Å². The number of halogens is 1. The van der Waals surface area contributed by atoms with Crippen molar-refractivity contribution in [2.45, 2.75) is 18.6 Å². The van der Waals surface area contributed by atoms with Gasteiger partial charge in [-0.15, -0.1) is 0 Å². The van der Waals surface area contributed by atoms with Gasteiger partial charge in [-0.1, -0.05) is 34.1 Å². The number of carbonyl (C=O) groups excluding carboxylic acids is 2. The van der Waals surface area contributed by atoms with Gasteiger partial charge in [0.2, 0.25) is 6.79 Å². The summed E-state index contributed by atoms with van der Waals surface area (Å²) in [6.07, 6.45) is -2.56. The quantitative estimate of drug-likeness (QED) is 0.210. The molecular formula is C26H24BrNO8S. The number of thiol groups is 1. The van der Waals surface area contributed by atoms with Gasteiger partial charge >= 0.3 is 12.1 Å². The third-order valence-corrected chi connectivity index (χ3v) is 6.06. The van der Waals surface area contributed by atoms with Crippen LogP contribution in [-0.4, -0.2) is 42.4 Å². The van der Waals surface area contributed by atoms with Gasteiger partial charge in [0.1, 0.15) is 17.6 Å². The van der Waals surface area contributed by atoms with E-state index in [2.05, 4.69) is 33.9 Å². The molecule has 11 heteroatoms. The smallest absolute Gasteiger partial charge is 0.412 e. The topological polar surface area (TPSA) is 113 Å². The zero-order valence-electron chi connectivity index (χ0n) is 19.5. The van der Waals surface area contributed by atoms with Gasteiger partial charge in [-0.3, -0.25) is 10.1 Å². The van der Waals surface area contributed by atoms with Gasteiger partial charge in [-0.25, -0.2) is 4.79 Å². The molecular weight excluding hydrogens is 566 g/mol. The van der Waals surface area contributed by atoms with E-state index in [9.17, 15) is 14.7 Å². The summed E-state index contributed by atoms with van der Waals surface area (Å²) in [5, 5.41) is 13.3. The molecule has 37 heavy (non-hydrogen) atoms. The molecule has 3 aromatic carbocycles. The third kappa shape index (κ3) is 7.23. The first-order valence-electron chi connectivity index (χ1n) is 11.3. The first kappa shape index (κ1) is 26.5. The minimum Gasteiger partial charge on any atom is -0.508 e. The number of rotatable bonds is 10. The van der Waals surface area contributed by atoms with E-state index >= 15 is 0 Å². The first-order valence-corrected chi connectivity index (χ1v) is 12.7. The maximum Gasteiger partial charge on any atom is 0.412 e. The van der Waals surface area contributed by atoms with E-state index in [1.165, 1.54) is 6.07 Å². The van der Waals surface area contributed by atoms with Crippen molar-refractivity contribution in [2.75, 3.05) is 24.5 Å². The Kier molecular flexibility index (Phi) is 9.02. The number of phenols is 1. The number of carbonyl (C=O) groups is 2. The number of para-hydroxylation sites is 1. The molecule has 1 aliphatic heterocycles. The summed E-state index contributed by atoms with van der Waals surface area (Å²) < 4.78 is 28.5. The Labute approximate surface area is 227 Å². The van der Waals surface area contributed by atoms with Crippen molar-refractivity contribution < 1.29 is 38.4 Å². The lowest BCUT2D eigenvalue weighted by Crippen LogP contribution is -2.32. The van der Waals surface area contributed by atoms with Gasteiger partial charge in [0, 0.05) is 28.2 Å². The molecule has 2 N–H and O–H groups in total. The maximum atomic E-state index is 13.0. The van der Waals surface area contributed by atoms with Gasteiger partial charge in [-0.2, -0.15) is 12.6 Å². The minimum absolute atomic E-state index is 0.0186. The Morgan fingerprint density at radius 3 is 2.62 bits per heavy atom. The predicted octanol–water partition coefficient (Wildman–Crippen LogP) is 5.48. The molecule has 0 aromatic heterocycles. The fourth-order valence-electron chi connectivity index (χ4n) is 3.61. The molecule has 0 bridgehead atoms. The number of hydrogen-bond donors (Lipinski definition) is 3. The maximum absolute atomic E-state index is 13.0. The van der Waals surface area contributed by atoms with Crippen molar-refractivity contribution in [1.29, 1.82) is 0 Å². The van der Waals surface area contributed by atoms with E-state index in [1.807, 2.05) is 6.07 Å². The van der Waals surface area contributed by atoms with Crippen molar-refractivity contribution >= 4 is 46.3 Å². The lowest BCUT2D eigenvalue weighted by Gasteiger charge is -2.29. The molecule has 0 saturated carbocycles. The average Bonchev–Trinajstić information content (AvgIpc) is 3.37. The number of hydrogen-bond acceptors (Lipinski definition) is 9. The average molecular weight is 590 g/mol. The number of benzene rings is 3. The highest BCUT2D eigenvalue weighted by molar-refractivity contribution is 9.10. The zero-order valence-corrected chi connectivity index (χ0v) is 21.9. The number of aromatic hydroxyl groups is 1. The van der Waals surface area contributed by atoms with Crippen LogP contribution in [0.25, 0.3) is 0 Å². The van der Waals surface area contributed by atoms with Crippen molar-refractivity contribution in [2.24, 2.45) is 0 Å². The summed E-state index contributed by atoms with van der Waals surface area (Å²) in [5.41, 5.74) is 0.728. The van der Waals surface area contributed by atoms with Gasteiger partial charge in [0.15, 0.2) is 17.6 Å². The Morgan fingerprint density at radius 2 is 1.84 bits per heavy atom. The summed E-state index contributed by atoms with van der Waals surface area (Å²) in [6.45, 7) is 0.0824. The molecule has 0 fully saturated rings. The predicted molar refractivity (Wildman–Crippen MR) is 142 cm³/mol. The van der Waals surface area contributed by atoms with Crippen LogP contribution in [0.4, 0.5) is 10.5 Å². The molecule has 2 atom stereocenters. The molecule has 0 aliphatic carbocycles. The van der Waals surface area contributed by atoms with Gasteiger partial charge in [-0.05, 0) is 42.5 Å². The number of esters is 1. The second-order valence-corrected chi connectivity index (χ2v) is 9.09. The van der Waals surface area contributed by atoms with Gasteiger partial charge < -0.3 is 28.8 Å². The Morgan fingerprint density at radius 1 is 1.05 bits per heavy atom. The monoisotopic (exact) mass is 589 g/mol. The largest absolute Gasteiger partial charge is 0.508 e. The summed E-state index contributed by atoms with van der Waals surface area (Å²) in [4.78, 5) is 24.7. The van der Waals surface area contributed by atoms with Crippen LogP contribution >= 0.6 is 28.6 Å². The summed E-state index contributed by atoms with van der Waals surface area (Å²) >= 11 is 7.32. The minimum atomic E-state index is -1.08. The lowest BCUT2D eigenvalue weighted by molar-refractivity contribution is -0.141. The molecule has 1 heterocycles. The highest BCUT2D eigenvalue weighted by atomic mass is 79.9. The van der Waals surface area contributed by atoms with E-state index in [1.54, 1.807) is 54.6 Å². The molecule has 0 saturated heterocycles. The van der Waals surface area contributed by atoms with Crippen molar-refractivity contribution in [3.8, 4) is 23.0 Å². The van der Waals surface area contributed by atoms with E-state index in [4.69, 9.17) is 23.7 Å². The molecule has 1 aliphatic rings. The van der Waals surface area contributed by atoms with Crippen LogP contribution in [0, 0.1) is 0 Å². The SMILES string of the molecule is O=C(CS)OCC[C@@H](Oc1ccccc1)[C@H](OC(=O)Nc1ccc2c(c1)OCO2)c1cc(Br)ccc1O. The van der Waals surface area contributed by atoms with E-state index in [-0.39, 0.29) is 31.3 Å². The molecule has 0 radical (unpaired) electrons. The number of amides is 1. The summed E-state index contributed by atoms with van der Waals surface area (Å²) in [7, 11) is 0. The second-order valence-electron chi connectivity index (χ2n) is 7.86. The van der Waals surface area contributed by atoms with E-state index < -0.39 is 24.3 Å². The number of phenolic OH excluding ortho intramolecular Hbond substituents is 1. The van der Waals surface area contributed by atoms with Crippen LogP contribution < -0.4 is 19.5 Å². The lowest BCUT2D eigenvalue weighted by atomic mass is 10.0. The number of nitrogens with one attached hydrogen (secondary N) is 1. The Hall–Kier alpha value is -3.57. The van der Waals surface area contributed by atoms with Crippen LogP contribution in [0.3, 0.4) is 0 Å². The number of anilines is 1. The Balaban J connectivity index is 1.60. The van der Waals surface area contributed by atoms with Crippen LogP contribution in [0.2, 0.25) is 0 Å². The third-order valence-electron chi connectivity index (χ3n) is 5.31. The molecule has 3 aromatic rings. The highest BCUT2D eigenvalue weighted by Crippen LogP contribution is 2.37. The van der Waals surface area contributed by atoms with Crippen molar-refractivity contribution in [1.82, 2.24) is 0 Å². The molecule has 194 valence electrons. The zero-order chi connectivity index (χ0) is 26.2. The summed E-state index contributed by atoms with van der Waals surface area (Å²) in [5.74, 6) is 0.905. The van der Waals surface area contributed by atoms with Crippen LogP contribution in [0.1, 0.15) is 18.1 Å². The van der Waals surface area contributed by atoms with Crippen LogP contribution in [-0.2, 0) is 14.3 Å². The molecule has 0 unspecified atom stereocenters. The van der Waals surface area contributed by atoms with Crippen molar-refractivity contribution in [3.05, 3.63) is 76.8 Å². The second kappa shape index (κ2) is 12.6. The van der Waals surface area contributed by atoms with Crippen LogP contribution in [0.5, 0.6) is 23.0 Å². The number of fused-ring (bicyclic) bond motifs is 1. The molecule has 0 spiro atoms. The fraction of sp³-hybridized carbons (Fsp3) is 0.231. The standard InChI is InChI=1S/C26H24BrNO8S/c27-16-6-8-20(29)19(12-16)25(36-26(31)28-17-7-9-21-23(13-17)34-15-33-21)22(10-11-32-24(30)14-37)35-18-4-2-1-3-5-18/h1-9,12-13,22,25,29,37H,10-11,14-15H2,(H,28,31)/t22-,25-/m1/s1. The van der Waals surface area contributed by atoms with Crippen LogP contribution in [0.15, 0.2) is 71.2 Å². The highest BCUT2D eigenvalue weighted by Gasteiger charge is 2.32.